The van der Waals surface area contributed by atoms with Crippen molar-refractivity contribution in [3.05, 3.63) is 71.8 Å². The molecule has 9 heteroatoms. The van der Waals surface area contributed by atoms with Gasteiger partial charge in [0.2, 0.25) is 0 Å². The highest BCUT2D eigenvalue weighted by molar-refractivity contribution is 7.99. The number of hydrogen-bond donors (Lipinski definition) is 0. The van der Waals surface area contributed by atoms with Gasteiger partial charge in [-0.1, -0.05) is 23.9 Å². The maximum atomic E-state index is 13.2. The Morgan fingerprint density at radius 2 is 1.86 bits per heavy atom. The molecule has 1 aliphatic heterocycles. The van der Waals surface area contributed by atoms with Crippen molar-refractivity contribution >= 4 is 17.5 Å². The number of fused-ring (bicyclic) bond motifs is 1. The summed E-state index contributed by atoms with van der Waals surface area (Å²) in [4.78, 5) is 17.2. The monoisotopic (exact) mass is 489 g/mol. The molecule has 0 radical (unpaired) electrons. The summed E-state index contributed by atoms with van der Waals surface area (Å²) in [5.41, 5.74) is 3.64. The summed E-state index contributed by atoms with van der Waals surface area (Å²) in [5, 5.41) is 9.42. The Bertz CT molecular complexity index is 1350. The lowest BCUT2D eigenvalue weighted by atomic mass is 10.2. The fraction of sp³-hybridized carbons (Fsp3) is 0.308. The van der Waals surface area contributed by atoms with Crippen molar-refractivity contribution in [3.8, 4) is 22.9 Å². The van der Waals surface area contributed by atoms with Crippen molar-refractivity contribution in [2.75, 3.05) is 12.4 Å². The number of para-hydroxylation sites is 2. The first kappa shape index (κ1) is 23.2. The lowest BCUT2D eigenvalue weighted by Gasteiger charge is -2.27. The number of benzene rings is 1. The highest BCUT2D eigenvalue weighted by atomic mass is 32.2. The Balaban J connectivity index is 1.27. The largest absolute Gasteiger partial charge is 0.486 e. The van der Waals surface area contributed by atoms with Crippen LogP contribution in [-0.2, 0) is 13.1 Å². The topological polar surface area (TPSA) is 84.1 Å². The van der Waals surface area contributed by atoms with Crippen molar-refractivity contribution in [3.63, 3.8) is 0 Å². The summed E-state index contributed by atoms with van der Waals surface area (Å²) in [6.45, 7) is 7.85. The maximum Gasteiger partial charge on any atom is 0.191 e. The number of aromatic nitrogens is 5. The number of carbonyl (C=O) groups is 1. The molecule has 0 spiro atoms. The van der Waals surface area contributed by atoms with E-state index in [1.54, 1.807) is 12.4 Å². The molecule has 5 rings (SSSR count). The predicted molar refractivity (Wildman–Crippen MR) is 134 cm³/mol. The van der Waals surface area contributed by atoms with Gasteiger partial charge in [0, 0.05) is 41.5 Å². The van der Waals surface area contributed by atoms with Crippen molar-refractivity contribution in [2.45, 2.75) is 45.1 Å². The first-order valence-corrected chi connectivity index (χ1v) is 12.6. The van der Waals surface area contributed by atoms with Crippen molar-refractivity contribution in [2.24, 2.45) is 0 Å². The van der Waals surface area contributed by atoms with Crippen LogP contribution < -0.4 is 9.47 Å². The van der Waals surface area contributed by atoms with Crippen LogP contribution in [-0.4, -0.2) is 48.6 Å². The molecule has 35 heavy (non-hydrogen) atoms. The van der Waals surface area contributed by atoms with E-state index in [0.29, 0.717) is 19.7 Å². The van der Waals surface area contributed by atoms with E-state index in [1.807, 2.05) is 67.8 Å². The zero-order valence-corrected chi connectivity index (χ0v) is 20.8. The van der Waals surface area contributed by atoms with Gasteiger partial charge in [-0.15, -0.1) is 10.2 Å². The standard InChI is InChI=1S/C26H27N5O3S/c1-4-30-25(19-9-11-27-12-10-19)28-29-26(30)35-16-22(32)21-13-17(2)31(18(21)3)14-20-15-33-23-7-5-6-8-24(23)34-20/h5-13,20H,4,14-16H2,1-3H3. The van der Waals surface area contributed by atoms with E-state index in [4.69, 9.17) is 9.47 Å². The minimum Gasteiger partial charge on any atom is -0.486 e. The number of thioether (sulfide) groups is 1. The fourth-order valence-electron chi connectivity index (χ4n) is 4.32. The normalized spacial score (nSPS) is 14.8. The van der Waals surface area contributed by atoms with Gasteiger partial charge < -0.3 is 18.6 Å². The zero-order valence-electron chi connectivity index (χ0n) is 20.0. The molecule has 8 nitrogen and oxygen atoms in total. The van der Waals surface area contributed by atoms with E-state index < -0.39 is 0 Å². The van der Waals surface area contributed by atoms with E-state index in [9.17, 15) is 4.79 Å². The lowest BCUT2D eigenvalue weighted by molar-refractivity contribution is 0.0777. The molecular formula is C26H27N5O3S. The van der Waals surface area contributed by atoms with Gasteiger partial charge in [-0.05, 0) is 51.1 Å². The minimum atomic E-state index is -0.123. The van der Waals surface area contributed by atoms with Gasteiger partial charge in [0.25, 0.3) is 0 Å². The van der Waals surface area contributed by atoms with Crippen LogP contribution in [0.5, 0.6) is 11.5 Å². The van der Waals surface area contributed by atoms with Crippen LogP contribution in [0.3, 0.4) is 0 Å². The molecule has 0 bridgehead atoms. The second kappa shape index (κ2) is 9.95. The molecule has 0 amide bonds. The van der Waals surface area contributed by atoms with Crippen LogP contribution in [0.1, 0.15) is 28.7 Å². The minimum absolute atomic E-state index is 0.0663. The molecule has 1 aromatic carbocycles. The number of ketones is 1. The predicted octanol–water partition coefficient (Wildman–Crippen LogP) is 4.59. The SMILES string of the molecule is CCn1c(SCC(=O)c2cc(C)n(CC3COc4ccccc4O3)c2C)nnc1-c1ccncc1. The van der Waals surface area contributed by atoms with E-state index in [0.717, 1.165) is 45.0 Å². The van der Waals surface area contributed by atoms with Gasteiger partial charge in [-0.25, -0.2) is 0 Å². The summed E-state index contributed by atoms with van der Waals surface area (Å²) in [6.07, 6.45) is 3.35. The molecule has 1 unspecified atom stereocenters. The molecule has 0 fully saturated rings. The van der Waals surface area contributed by atoms with E-state index in [2.05, 4.69) is 19.7 Å². The summed E-state index contributed by atoms with van der Waals surface area (Å²) < 4.78 is 16.1. The number of rotatable bonds is 8. The number of Topliss-reactive ketones (excluding diaryl/α,β-unsaturated/α-hetero) is 1. The number of carbonyl (C=O) groups excluding carboxylic acids is 1. The summed E-state index contributed by atoms with van der Waals surface area (Å²) in [5.74, 6) is 2.65. The molecule has 0 saturated heterocycles. The molecular weight excluding hydrogens is 462 g/mol. The van der Waals surface area contributed by atoms with Crippen LogP contribution >= 0.6 is 11.8 Å². The number of hydrogen-bond acceptors (Lipinski definition) is 7. The molecule has 0 N–H and O–H groups in total. The Morgan fingerprint density at radius 3 is 2.63 bits per heavy atom. The summed E-state index contributed by atoms with van der Waals surface area (Å²) >= 11 is 1.41. The molecule has 0 saturated carbocycles. The number of aryl methyl sites for hydroxylation is 1. The van der Waals surface area contributed by atoms with Crippen LogP contribution in [0.4, 0.5) is 0 Å². The van der Waals surface area contributed by atoms with Gasteiger partial charge in [0.15, 0.2) is 34.4 Å². The van der Waals surface area contributed by atoms with Crippen LogP contribution in [0.25, 0.3) is 11.4 Å². The van der Waals surface area contributed by atoms with E-state index in [-0.39, 0.29) is 17.6 Å². The maximum absolute atomic E-state index is 13.2. The Kier molecular flexibility index (Phi) is 6.59. The van der Waals surface area contributed by atoms with Crippen molar-refractivity contribution in [1.82, 2.24) is 24.3 Å². The third-order valence-corrected chi connectivity index (χ3v) is 7.10. The third kappa shape index (κ3) is 4.68. The van der Waals surface area contributed by atoms with E-state index in [1.165, 1.54) is 11.8 Å². The third-order valence-electron chi connectivity index (χ3n) is 6.13. The average Bonchev–Trinajstić information content (AvgIpc) is 3.43. The summed E-state index contributed by atoms with van der Waals surface area (Å²) in [6, 6.07) is 13.5. The highest BCUT2D eigenvalue weighted by Gasteiger charge is 2.24. The van der Waals surface area contributed by atoms with Gasteiger partial charge in [-0.3, -0.25) is 9.78 Å². The molecule has 3 aromatic heterocycles. The summed E-state index contributed by atoms with van der Waals surface area (Å²) in [7, 11) is 0. The molecule has 1 atom stereocenters. The average molecular weight is 490 g/mol. The van der Waals surface area contributed by atoms with E-state index >= 15 is 0 Å². The number of pyridine rings is 1. The van der Waals surface area contributed by atoms with Gasteiger partial charge in [-0.2, -0.15) is 0 Å². The smallest absolute Gasteiger partial charge is 0.191 e. The second-order valence-electron chi connectivity index (χ2n) is 8.39. The van der Waals surface area contributed by atoms with Crippen molar-refractivity contribution < 1.29 is 14.3 Å². The fourth-order valence-corrected chi connectivity index (χ4v) is 5.21. The Morgan fingerprint density at radius 1 is 1.09 bits per heavy atom. The lowest BCUT2D eigenvalue weighted by Crippen LogP contribution is -2.33. The van der Waals surface area contributed by atoms with Gasteiger partial charge >= 0.3 is 0 Å². The molecule has 1 aliphatic rings. The first-order valence-electron chi connectivity index (χ1n) is 11.6. The Labute approximate surface area is 208 Å². The molecule has 180 valence electrons. The molecule has 4 heterocycles. The molecule has 0 aliphatic carbocycles. The zero-order chi connectivity index (χ0) is 24.4. The van der Waals surface area contributed by atoms with Crippen LogP contribution in [0, 0.1) is 13.8 Å². The quantitative estimate of drug-likeness (QED) is 0.264. The second-order valence-corrected chi connectivity index (χ2v) is 9.33. The number of ether oxygens (including phenoxy) is 2. The first-order chi connectivity index (χ1) is 17.0. The van der Waals surface area contributed by atoms with Crippen LogP contribution in [0.15, 0.2) is 60.0 Å². The van der Waals surface area contributed by atoms with Crippen LogP contribution in [0.2, 0.25) is 0 Å². The number of nitrogens with zero attached hydrogens (tertiary/aromatic N) is 5. The van der Waals surface area contributed by atoms with Crippen molar-refractivity contribution in [1.29, 1.82) is 0 Å². The van der Waals surface area contributed by atoms with Gasteiger partial charge in [0.05, 0.1) is 12.3 Å². The Hall–Kier alpha value is -3.59. The molecule has 4 aromatic rings. The highest BCUT2D eigenvalue weighted by Crippen LogP contribution is 2.32. The van der Waals surface area contributed by atoms with Gasteiger partial charge in [0.1, 0.15) is 6.61 Å².